The monoisotopic (exact) mass is 464 g/mol. The highest BCUT2D eigenvalue weighted by molar-refractivity contribution is 5.69. The van der Waals surface area contributed by atoms with Gasteiger partial charge in [0.15, 0.2) is 0 Å². The van der Waals surface area contributed by atoms with Gasteiger partial charge in [-0.25, -0.2) is 19.3 Å². The van der Waals surface area contributed by atoms with Crippen molar-refractivity contribution in [1.29, 1.82) is 0 Å². The number of fused-ring (bicyclic) bond motifs is 1. The van der Waals surface area contributed by atoms with Gasteiger partial charge in [-0.05, 0) is 48.5 Å². The molecule has 1 saturated carbocycles. The largest absolute Gasteiger partial charge is 0.364 e. The standard InChI is InChI=1S/C16H16N6O.C8H11F.C2H6/c23-10-20-15-5-14(18-9-19-15)17-6-13-8-22-7-12(11-1-2-11)3-4-16(22)21-13;1-4-6-8(9)7(3)5-2;1-2/h3-5,7-11H,1-2,6H2,(H2,17,18,19,20,23);4,6H,1,3,5H2,2H3;1-2H3/b;8-6+;. The first-order chi connectivity index (χ1) is 16.5. The molecule has 3 aromatic heterocycles. The minimum Gasteiger partial charge on any atom is -0.364 e. The second kappa shape index (κ2) is 13.7. The highest BCUT2D eigenvalue weighted by atomic mass is 19.1. The van der Waals surface area contributed by atoms with Gasteiger partial charge in [0.1, 0.15) is 29.4 Å². The number of allylic oxidation sites excluding steroid dienone is 4. The second-order valence-corrected chi connectivity index (χ2v) is 7.35. The highest BCUT2D eigenvalue weighted by Crippen LogP contribution is 2.39. The Labute approximate surface area is 200 Å². The lowest BCUT2D eigenvalue weighted by atomic mass is 10.2. The molecule has 34 heavy (non-hydrogen) atoms. The molecule has 4 rings (SSSR count). The number of aromatic nitrogens is 4. The van der Waals surface area contributed by atoms with Crippen molar-refractivity contribution in [3.8, 4) is 0 Å². The van der Waals surface area contributed by atoms with Crippen LogP contribution < -0.4 is 10.6 Å². The van der Waals surface area contributed by atoms with Crippen LogP contribution in [0.3, 0.4) is 0 Å². The van der Waals surface area contributed by atoms with Gasteiger partial charge in [-0.15, -0.1) is 0 Å². The molecule has 0 aromatic carbocycles. The van der Waals surface area contributed by atoms with Gasteiger partial charge in [0, 0.05) is 18.5 Å². The molecule has 8 heteroatoms. The highest BCUT2D eigenvalue weighted by Gasteiger charge is 2.23. The number of carbonyl (C=O) groups excluding carboxylic acids is 1. The van der Waals surface area contributed by atoms with E-state index < -0.39 is 0 Å². The van der Waals surface area contributed by atoms with Gasteiger partial charge in [0.05, 0.1) is 12.2 Å². The lowest BCUT2D eigenvalue weighted by molar-refractivity contribution is -0.105. The summed E-state index contributed by atoms with van der Waals surface area (Å²) in [6.45, 7) is 13.3. The lowest BCUT2D eigenvalue weighted by Gasteiger charge is -2.04. The fourth-order valence-electron chi connectivity index (χ4n) is 2.97. The van der Waals surface area contributed by atoms with Crippen LogP contribution in [0, 0.1) is 0 Å². The molecule has 0 saturated heterocycles. The molecule has 0 unspecified atom stereocenters. The van der Waals surface area contributed by atoms with Crippen molar-refractivity contribution in [3.05, 3.63) is 84.9 Å². The van der Waals surface area contributed by atoms with Crippen LogP contribution in [0.4, 0.5) is 16.0 Å². The lowest BCUT2D eigenvalue weighted by Crippen LogP contribution is -2.04. The van der Waals surface area contributed by atoms with Crippen molar-refractivity contribution in [2.45, 2.75) is 52.5 Å². The molecule has 0 radical (unpaired) electrons. The van der Waals surface area contributed by atoms with Crippen molar-refractivity contribution < 1.29 is 9.18 Å². The first kappa shape index (κ1) is 26.4. The summed E-state index contributed by atoms with van der Waals surface area (Å²) in [5, 5.41) is 5.69. The Morgan fingerprint density at radius 2 is 1.97 bits per heavy atom. The third kappa shape index (κ3) is 7.95. The number of rotatable bonds is 9. The Hall–Kier alpha value is -3.81. The molecule has 0 bridgehead atoms. The Balaban J connectivity index is 0.000000317. The van der Waals surface area contributed by atoms with Crippen molar-refractivity contribution in [3.63, 3.8) is 0 Å². The molecule has 3 heterocycles. The van der Waals surface area contributed by atoms with Crippen LogP contribution in [0.5, 0.6) is 0 Å². The SMILES string of the molecule is C=C/C=C(/F)C(=C)CC.CC.O=CNc1cc(NCc2cn3cc(C4CC4)ccc3n2)ncn1. The van der Waals surface area contributed by atoms with Crippen LogP contribution in [-0.2, 0) is 11.3 Å². The van der Waals surface area contributed by atoms with Crippen LogP contribution in [0.25, 0.3) is 5.65 Å². The Morgan fingerprint density at radius 1 is 1.24 bits per heavy atom. The number of imidazole rings is 1. The third-order valence-corrected chi connectivity index (χ3v) is 4.93. The maximum absolute atomic E-state index is 12.5. The summed E-state index contributed by atoms with van der Waals surface area (Å²) in [6.07, 6.45) is 12.1. The maximum Gasteiger partial charge on any atom is 0.212 e. The van der Waals surface area contributed by atoms with E-state index in [0.717, 1.165) is 17.3 Å². The normalized spacial score (nSPS) is 12.5. The molecule has 0 aliphatic heterocycles. The smallest absolute Gasteiger partial charge is 0.212 e. The van der Waals surface area contributed by atoms with E-state index in [1.165, 1.54) is 36.9 Å². The van der Waals surface area contributed by atoms with E-state index in [9.17, 15) is 9.18 Å². The van der Waals surface area contributed by atoms with E-state index in [4.69, 9.17) is 0 Å². The van der Waals surface area contributed by atoms with Gasteiger partial charge in [-0.1, -0.05) is 46.1 Å². The number of anilines is 2. The Morgan fingerprint density at radius 3 is 2.62 bits per heavy atom. The zero-order chi connectivity index (χ0) is 24.9. The molecule has 0 atom stereocenters. The van der Waals surface area contributed by atoms with Gasteiger partial charge >= 0.3 is 0 Å². The van der Waals surface area contributed by atoms with E-state index >= 15 is 0 Å². The zero-order valence-corrected chi connectivity index (χ0v) is 20.1. The van der Waals surface area contributed by atoms with E-state index in [-0.39, 0.29) is 5.83 Å². The number of nitrogens with zero attached hydrogens (tertiary/aromatic N) is 4. The van der Waals surface area contributed by atoms with Crippen LogP contribution in [-0.4, -0.2) is 25.8 Å². The van der Waals surface area contributed by atoms with Crippen LogP contribution in [0.1, 0.15) is 57.2 Å². The van der Waals surface area contributed by atoms with E-state index in [1.54, 1.807) is 6.07 Å². The molecule has 2 N–H and O–H groups in total. The van der Waals surface area contributed by atoms with Crippen molar-refractivity contribution in [2.24, 2.45) is 0 Å². The number of pyridine rings is 1. The van der Waals surface area contributed by atoms with Gasteiger partial charge in [-0.2, -0.15) is 0 Å². The average Bonchev–Trinajstić information content (AvgIpc) is 3.63. The molecule has 180 valence electrons. The molecule has 3 aromatic rings. The maximum atomic E-state index is 12.5. The van der Waals surface area contributed by atoms with Gasteiger partial charge in [0.2, 0.25) is 6.41 Å². The Kier molecular flexibility index (Phi) is 10.6. The van der Waals surface area contributed by atoms with Crippen molar-refractivity contribution >= 4 is 23.7 Å². The van der Waals surface area contributed by atoms with Gasteiger partial charge in [-0.3, -0.25) is 4.79 Å². The summed E-state index contributed by atoms with van der Waals surface area (Å²) >= 11 is 0. The summed E-state index contributed by atoms with van der Waals surface area (Å²) in [5.41, 5.74) is 3.78. The van der Waals surface area contributed by atoms with E-state index in [1.807, 2.05) is 27.0 Å². The first-order valence-electron chi connectivity index (χ1n) is 11.4. The van der Waals surface area contributed by atoms with E-state index in [0.29, 0.717) is 36.6 Å². The van der Waals surface area contributed by atoms with E-state index in [2.05, 4.69) is 61.5 Å². The molecule has 7 nitrogen and oxygen atoms in total. The molecule has 0 spiro atoms. The number of halogens is 1. The molecular weight excluding hydrogens is 431 g/mol. The molecule has 1 fully saturated rings. The number of hydrogen-bond donors (Lipinski definition) is 2. The van der Waals surface area contributed by atoms with Crippen LogP contribution in [0.15, 0.2) is 73.6 Å². The minimum atomic E-state index is -0.271. The summed E-state index contributed by atoms with van der Waals surface area (Å²) in [6, 6.07) is 5.91. The fourth-order valence-corrected chi connectivity index (χ4v) is 2.97. The topological polar surface area (TPSA) is 84.2 Å². The molecule has 1 amide bonds. The summed E-state index contributed by atoms with van der Waals surface area (Å²) in [5.74, 6) is 1.56. The summed E-state index contributed by atoms with van der Waals surface area (Å²) in [7, 11) is 0. The number of carbonyl (C=O) groups is 1. The number of nitrogens with one attached hydrogen (secondary N) is 2. The molecule has 1 aliphatic rings. The minimum absolute atomic E-state index is 0.271. The third-order valence-electron chi connectivity index (χ3n) is 4.93. The average molecular weight is 465 g/mol. The van der Waals surface area contributed by atoms with Crippen molar-refractivity contribution in [2.75, 3.05) is 10.6 Å². The summed E-state index contributed by atoms with van der Waals surface area (Å²) in [4.78, 5) is 23.1. The van der Waals surface area contributed by atoms with Crippen molar-refractivity contribution in [1.82, 2.24) is 19.4 Å². The predicted octanol–water partition coefficient (Wildman–Crippen LogP) is 6.20. The van der Waals surface area contributed by atoms with Gasteiger partial charge in [0.25, 0.3) is 0 Å². The Bertz CT molecular complexity index is 1130. The van der Waals surface area contributed by atoms with Gasteiger partial charge < -0.3 is 15.0 Å². The predicted molar refractivity (Wildman–Crippen MR) is 136 cm³/mol. The molecular formula is C26H33FN6O. The fraction of sp³-hybridized carbons (Fsp3) is 0.308. The van der Waals surface area contributed by atoms with Crippen LogP contribution >= 0.6 is 0 Å². The first-order valence-corrected chi connectivity index (χ1v) is 11.4. The second-order valence-electron chi connectivity index (χ2n) is 7.35. The zero-order valence-electron chi connectivity index (χ0n) is 20.1. The summed E-state index contributed by atoms with van der Waals surface area (Å²) < 4.78 is 14.6. The van der Waals surface area contributed by atoms with Crippen LogP contribution in [0.2, 0.25) is 0 Å². The number of hydrogen-bond acceptors (Lipinski definition) is 5. The quantitative estimate of drug-likeness (QED) is 0.291. The molecule has 1 aliphatic carbocycles. The number of amides is 1.